The van der Waals surface area contributed by atoms with Crippen molar-refractivity contribution in [3.05, 3.63) is 118 Å². The number of likely N-dealkylation sites (N-methyl/N-ethyl adjacent to an activating group) is 2. The van der Waals surface area contributed by atoms with Crippen molar-refractivity contribution in [3.63, 3.8) is 0 Å². The van der Waals surface area contributed by atoms with Gasteiger partial charge >= 0.3 is 0 Å². The Bertz CT molecular complexity index is 3100. The SMILES string of the molecule is CC(C)(C)C1=CCN=C1.CC(C)(C)c1cnn(C2CCNC2)c1.CC1CCC(n2cc(C(C)(C)C)cn2)CC1.CCCn1ccc(C(C)(C)C)n1.CCN1CCn2nc(C(C)(C)C)cc2C1.CN1CCn2nc(C(C)(C)C)cc2C1.Cn1cc(C(C)(C)C)cn1. The molecule has 5 aliphatic rings. The van der Waals surface area contributed by atoms with E-state index in [1.807, 2.05) is 41.2 Å². The van der Waals surface area contributed by atoms with Crippen molar-refractivity contribution in [2.24, 2.45) is 23.4 Å². The second-order valence-corrected chi connectivity index (χ2v) is 33.3. The van der Waals surface area contributed by atoms with E-state index in [0.717, 1.165) is 84.3 Å². The lowest BCUT2D eigenvalue weighted by atomic mass is 9.87. The molecule has 0 spiro atoms. The van der Waals surface area contributed by atoms with Gasteiger partial charge in [0.25, 0.3) is 0 Å². The van der Waals surface area contributed by atoms with Gasteiger partial charge in [0.05, 0.1) is 78.8 Å². The van der Waals surface area contributed by atoms with Gasteiger partial charge in [0.15, 0.2) is 0 Å². The normalized spacial score (nSPS) is 19.0. The monoisotopic (exact) mass is 1240 g/mol. The molecule has 1 aliphatic carbocycles. The zero-order valence-electron chi connectivity index (χ0n) is 61.9. The van der Waals surface area contributed by atoms with Crippen molar-refractivity contribution in [1.82, 2.24) is 73.8 Å². The minimum atomic E-state index is 0.168. The number of nitrogens with zero attached hydrogens (tertiary/aromatic N) is 15. The molecule has 504 valence electrons. The molecule has 6 aromatic heterocycles. The first kappa shape index (κ1) is 75.3. The average molecular weight is 1240 g/mol. The van der Waals surface area contributed by atoms with Crippen LogP contribution >= 0.6 is 0 Å². The molecule has 6 aromatic rings. The molecule has 2 fully saturated rings. The molecule has 1 atom stereocenters. The van der Waals surface area contributed by atoms with Crippen LogP contribution in [0.2, 0.25) is 0 Å². The first-order valence-electron chi connectivity index (χ1n) is 34.2. The zero-order chi connectivity index (χ0) is 67.2. The molecule has 4 aliphatic heterocycles. The van der Waals surface area contributed by atoms with Gasteiger partial charge in [0.2, 0.25) is 0 Å². The quantitative estimate of drug-likeness (QED) is 0.179. The highest BCUT2D eigenvalue weighted by Gasteiger charge is 2.27. The molecule has 0 aromatic carbocycles. The van der Waals surface area contributed by atoms with Crippen LogP contribution in [0.25, 0.3) is 0 Å². The Kier molecular flexibility index (Phi) is 26.7. The lowest BCUT2D eigenvalue weighted by molar-refractivity contribution is 0.223. The molecule has 0 bridgehead atoms. The van der Waals surface area contributed by atoms with Crippen LogP contribution in [0.15, 0.2) is 78.2 Å². The van der Waals surface area contributed by atoms with E-state index < -0.39 is 0 Å². The van der Waals surface area contributed by atoms with Crippen LogP contribution in [0.4, 0.5) is 0 Å². The number of aliphatic imine (C=N–C) groups is 1. The molecular formula is C74H128N16. The Morgan fingerprint density at radius 3 is 1.41 bits per heavy atom. The van der Waals surface area contributed by atoms with E-state index >= 15 is 0 Å². The molecule has 16 nitrogen and oxygen atoms in total. The van der Waals surface area contributed by atoms with Crippen LogP contribution in [-0.2, 0) is 72.3 Å². The van der Waals surface area contributed by atoms with Crippen molar-refractivity contribution in [3.8, 4) is 0 Å². The van der Waals surface area contributed by atoms with E-state index in [0.29, 0.717) is 17.5 Å². The van der Waals surface area contributed by atoms with E-state index in [2.05, 4.69) is 292 Å². The fourth-order valence-corrected chi connectivity index (χ4v) is 10.7. The Balaban J connectivity index is 0.000000192. The molecule has 0 amide bonds. The van der Waals surface area contributed by atoms with E-state index in [-0.39, 0.29) is 32.5 Å². The van der Waals surface area contributed by atoms with E-state index in [9.17, 15) is 0 Å². The Morgan fingerprint density at radius 1 is 0.522 bits per heavy atom. The number of fused-ring (bicyclic) bond motifs is 2. The predicted octanol–water partition coefficient (Wildman–Crippen LogP) is 15.6. The molecule has 10 heterocycles. The van der Waals surface area contributed by atoms with Gasteiger partial charge in [-0.15, -0.1) is 0 Å². The number of hydrogen-bond acceptors (Lipinski definition) is 10. The topological polar surface area (TPSA) is 138 Å². The third-order valence-electron chi connectivity index (χ3n) is 17.5. The van der Waals surface area contributed by atoms with Crippen LogP contribution in [0.5, 0.6) is 0 Å². The van der Waals surface area contributed by atoms with Crippen molar-refractivity contribution in [1.29, 1.82) is 0 Å². The van der Waals surface area contributed by atoms with Crippen molar-refractivity contribution >= 4 is 6.21 Å². The number of aryl methyl sites for hydroxylation is 2. The summed E-state index contributed by atoms with van der Waals surface area (Å²) in [7, 11) is 4.10. The second kappa shape index (κ2) is 31.9. The minimum Gasteiger partial charge on any atom is -0.315 e. The van der Waals surface area contributed by atoms with Gasteiger partial charge < -0.3 is 5.32 Å². The van der Waals surface area contributed by atoms with Crippen LogP contribution in [0.1, 0.15) is 262 Å². The molecule has 0 radical (unpaired) electrons. The van der Waals surface area contributed by atoms with Gasteiger partial charge in [-0.3, -0.25) is 42.9 Å². The summed E-state index contributed by atoms with van der Waals surface area (Å²) < 4.78 is 12.5. The lowest BCUT2D eigenvalue weighted by Crippen LogP contribution is -2.33. The average Bonchev–Trinajstić information content (AvgIpc) is 1.81. The standard InChI is InChI=1S/C14H24N2.C12H21N3.2C11H19N3.C10H18N2.C8H14N2.C8H13N/c1-11-5-7-13(8-6-11)16-10-12(9-15-16)14(2,3)4;1-5-14-6-7-15-10(9-14)8-11(13-15)12(2,3)4;1-11(2,3)10-7-9-8-13(4)5-6-14(9)12-10;1-11(2,3)9-6-13-14(8-9)10-4-5-12-7-10;1-5-7-12-8-6-9(11-12)10(2,3)4;1-8(2,3)7-5-9-10(4)6-7;1-8(2,3)7-4-5-9-6-7/h9-11,13H,5-8H2,1-4H3;8H,5-7,9H2,1-4H3;7H,5-6,8H2,1-4H3;6,8,10,12H,4-5,7H2,1-3H3;6,8H,5,7H2,1-4H3;5-6H,1-4H3;4,6H,5H2,1-3H3. The van der Waals surface area contributed by atoms with Gasteiger partial charge in [-0.1, -0.05) is 172 Å². The predicted molar refractivity (Wildman–Crippen MR) is 378 cm³/mol. The largest absolute Gasteiger partial charge is 0.315 e. The Hall–Kier alpha value is -5.45. The summed E-state index contributed by atoms with van der Waals surface area (Å²) in [5.41, 5.74) is 13.1. The fourth-order valence-electron chi connectivity index (χ4n) is 10.7. The highest BCUT2D eigenvalue weighted by molar-refractivity contribution is 5.82. The maximum atomic E-state index is 4.68. The van der Waals surface area contributed by atoms with Gasteiger partial charge in [0.1, 0.15) is 0 Å². The van der Waals surface area contributed by atoms with Crippen molar-refractivity contribution in [2.75, 3.05) is 46.3 Å². The molecule has 16 heteroatoms. The summed E-state index contributed by atoms with van der Waals surface area (Å²) in [5, 5.41) is 30.3. The van der Waals surface area contributed by atoms with Crippen LogP contribution in [0.3, 0.4) is 0 Å². The van der Waals surface area contributed by atoms with Crippen LogP contribution in [-0.4, -0.2) is 121 Å². The molecule has 1 saturated heterocycles. The molecular weight excluding hydrogens is 1110 g/mol. The summed E-state index contributed by atoms with van der Waals surface area (Å²) in [4.78, 5) is 8.91. The highest BCUT2D eigenvalue weighted by Crippen LogP contribution is 2.33. The van der Waals surface area contributed by atoms with Gasteiger partial charge in [-0.05, 0) is 127 Å². The molecule has 1 saturated carbocycles. The van der Waals surface area contributed by atoms with Crippen LogP contribution < -0.4 is 5.32 Å². The summed E-state index contributed by atoms with van der Waals surface area (Å²) >= 11 is 0. The third-order valence-corrected chi connectivity index (χ3v) is 17.5. The van der Waals surface area contributed by atoms with Gasteiger partial charge in [-0.2, -0.15) is 30.6 Å². The van der Waals surface area contributed by atoms with Gasteiger partial charge in [0, 0.05) is 93.6 Å². The smallest absolute Gasteiger partial charge is 0.0681 e. The maximum Gasteiger partial charge on any atom is 0.0681 e. The number of rotatable bonds is 5. The highest BCUT2D eigenvalue weighted by atomic mass is 15.4. The van der Waals surface area contributed by atoms with Gasteiger partial charge in [-0.25, -0.2) is 0 Å². The fraction of sp³-hybridized carbons (Fsp3) is 0.716. The number of hydrogen-bond donors (Lipinski definition) is 1. The Morgan fingerprint density at radius 2 is 1.02 bits per heavy atom. The number of allylic oxidation sites excluding steroid dienone is 1. The minimum absolute atomic E-state index is 0.168. The second-order valence-electron chi connectivity index (χ2n) is 33.3. The molecule has 1 unspecified atom stereocenters. The summed E-state index contributed by atoms with van der Waals surface area (Å²) in [6.45, 7) is 64.8. The van der Waals surface area contributed by atoms with E-state index in [1.54, 1.807) is 0 Å². The first-order chi connectivity index (χ1) is 41.6. The van der Waals surface area contributed by atoms with E-state index in [4.69, 9.17) is 0 Å². The molecule has 90 heavy (non-hydrogen) atoms. The lowest BCUT2D eigenvalue weighted by Gasteiger charge is -2.26. The number of nitrogens with one attached hydrogen (secondary N) is 1. The Labute approximate surface area is 547 Å². The summed E-state index contributed by atoms with van der Waals surface area (Å²) in [6, 6.07) is 7.83. The first-order valence-corrected chi connectivity index (χ1v) is 34.2. The summed E-state index contributed by atoms with van der Waals surface area (Å²) in [6.07, 6.45) is 26.3. The number of aromatic nitrogens is 12. The van der Waals surface area contributed by atoms with Crippen molar-refractivity contribution < 1.29 is 0 Å². The maximum absolute atomic E-state index is 4.68. The molecule has 1 N–H and O–H groups in total. The van der Waals surface area contributed by atoms with E-state index in [1.165, 1.54) is 82.8 Å². The molecule has 11 rings (SSSR count). The van der Waals surface area contributed by atoms with Crippen LogP contribution in [0, 0.1) is 11.3 Å². The third kappa shape index (κ3) is 23.9. The summed E-state index contributed by atoms with van der Waals surface area (Å²) in [5.74, 6) is 0.911. The zero-order valence-corrected chi connectivity index (χ0v) is 61.9. The van der Waals surface area contributed by atoms with Crippen molar-refractivity contribution in [2.45, 2.75) is 282 Å².